The molecule has 4 aromatic rings. The van der Waals surface area contributed by atoms with Crippen LogP contribution in [-0.4, -0.2) is 52.4 Å². The first-order chi connectivity index (χ1) is 18.4. The summed E-state index contributed by atoms with van der Waals surface area (Å²) in [4.78, 5) is 24.9. The molecule has 9 nitrogen and oxygen atoms in total. The summed E-state index contributed by atoms with van der Waals surface area (Å²) in [5.74, 6) is -3.65. The van der Waals surface area contributed by atoms with E-state index in [4.69, 9.17) is 9.15 Å². The Bertz CT molecular complexity index is 1710. The van der Waals surface area contributed by atoms with Crippen molar-refractivity contribution in [2.45, 2.75) is 6.92 Å². The van der Waals surface area contributed by atoms with Gasteiger partial charge in [-0.05, 0) is 48.9 Å². The second kappa shape index (κ2) is 10.4. The fourth-order valence-corrected chi connectivity index (χ4v) is 5.40. The topological polar surface area (TPSA) is 126 Å². The highest BCUT2D eigenvalue weighted by Crippen LogP contribution is 2.44. The predicted octanol–water partition coefficient (Wildman–Crippen LogP) is 4.90. The third-order valence-electron chi connectivity index (χ3n) is 6.13. The molecule has 1 amide bonds. The maximum absolute atomic E-state index is 16.7. The molecule has 0 atom stereocenters. The van der Waals surface area contributed by atoms with Crippen LogP contribution in [0, 0.1) is 11.6 Å². The van der Waals surface area contributed by atoms with Crippen molar-refractivity contribution in [2.24, 2.45) is 0 Å². The number of furan rings is 1. The number of sulfonamides is 1. The van der Waals surface area contributed by atoms with Gasteiger partial charge in [-0.2, -0.15) is 0 Å². The molecule has 0 bridgehead atoms. The molecular formula is C27H24F2N2O7S. The van der Waals surface area contributed by atoms with Crippen LogP contribution >= 0.6 is 0 Å². The van der Waals surface area contributed by atoms with Crippen molar-refractivity contribution in [1.82, 2.24) is 5.32 Å². The van der Waals surface area contributed by atoms with Crippen LogP contribution in [0.5, 0.6) is 5.75 Å². The van der Waals surface area contributed by atoms with Crippen LogP contribution in [-0.2, 0) is 10.0 Å². The monoisotopic (exact) mass is 558 g/mol. The highest BCUT2D eigenvalue weighted by Gasteiger charge is 2.31. The Balaban J connectivity index is 2.18. The number of benzene rings is 3. The maximum atomic E-state index is 16.7. The van der Waals surface area contributed by atoms with Gasteiger partial charge in [0.2, 0.25) is 10.0 Å². The highest BCUT2D eigenvalue weighted by atomic mass is 32.2. The normalized spacial score (nSPS) is 11.4. The molecule has 12 heteroatoms. The van der Waals surface area contributed by atoms with E-state index >= 15 is 4.39 Å². The number of rotatable bonds is 8. The van der Waals surface area contributed by atoms with Crippen LogP contribution in [0.1, 0.15) is 27.6 Å². The standard InChI is InChI=1S/C27H24F2N2O7S/c1-5-31(39(4,35)36)18-13-20-22(23(26(32)30-2)25(38-20)14-6-9-16(28)10-7-14)24(29)21(18)15-8-11-19(37-3)17(12-15)27(33)34/h6-13H,5H2,1-4H3,(H,30,32)(H,33,34). The number of fused-ring (bicyclic) bond motifs is 1. The Morgan fingerprint density at radius 1 is 1.08 bits per heavy atom. The number of nitrogens with one attached hydrogen (secondary N) is 1. The van der Waals surface area contributed by atoms with E-state index in [0.717, 1.165) is 28.8 Å². The van der Waals surface area contributed by atoms with E-state index in [2.05, 4.69) is 5.32 Å². The average Bonchev–Trinajstić information content (AvgIpc) is 3.28. The molecule has 204 valence electrons. The lowest BCUT2D eigenvalue weighted by Gasteiger charge is -2.24. The molecule has 0 aliphatic carbocycles. The van der Waals surface area contributed by atoms with Gasteiger partial charge in [0.15, 0.2) is 0 Å². The summed E-state index contributed by atoms with van der Waals surface area (Å²) >= 11 is 0. The number of methoxy groups -OCH3 is 1. The van der Waals surface area contributed by atoms with Crippen molar-refractivity contribution in [3.8, 4) is 28.2 Å². The van der Waals surface area contributed by atoms with Gasteiger partial charge in [-0.3, -0.25) is 9.10 Å². The Morgan fingerprint density at radius 3 is 2.26 bits per heavy atom. The first kappa shape index (κ1) is 27.6. The van der Waals surface area contributed by atoms with Crippen LogP contribution < -0.4 is 14.4 Å². The van der Waals surface area contributed by atoms with Crippen molar-refractivity contribution >= 4 is 38.6 Å². The van der Waals surface area contributed by atoms with Gasteiger partial charge in [0.1, 0.15) is 34.3 Å². The van der Waals surface area contributed by atoms with Crippen molar-refractivity contribution in [2.75, 3.05) is 31.3 Å². The largest absolute Gasteiger partial charge is 0.496 e. The maximum Gasteiger partial charge on any atom is 0.339 e. The van der Waals surface area contributed by atoms with E-state index < -0.39 is 33.5 Å². The van der Waals surface area contributed by atoms with Gasteiger partial charge < -0.3 is 19.6 Å². The lowest BCUT2D eigenvalue weighted by Crippen LogP contribution is -2.30. The van der Waals surface area contributed by atoms with E-state index in [0.29, 0.717) is 0 Å². The minimum Gasteiger partial charge on any atom is -0.496 e. The molecule has 0 aliphatic heterocycles. The minimum absolute atomic E-state index is 0.0118. The first-order valence-corrected chi connectivity index (χ1v) is 13.4. The van der Waals surface area contributed by atoms with Gasteiger partial charge in [-0.1, -0.05) is 6.07 Å². The smallest absolute Gasteiger partial charge is 0.339 e. The van der Waals surface area contributed by atoms with E-state index in [1.165, 1.54) is 44.5 Å². The van der Waals surface area contributed by atoms with Crippen molar-refractivity contribution < 1.29 is 41.0 Å². The molecule has 0 radical (unpaired) electrons. The van der Waals surface area contributed by atoms with Crippen molar-refractivity contribution in [3.63, 3.8) is 0 Å². The number of nitrogens with zero attached hydrogens (tertiary/aromatic N) is 1. The number of hydrogen-bond donors (Lipinski definition) is 2. The Labute approximate surface area is 222 Å². The van der Waals surface area contributed by atoms with Gasteiger partial charge in [0, 0.05) is 30.8 Å². The molecule has 2 N–H and O–H groups in total. The van der Waals surface area contributed by atoms with Crippen molar-refractivity contribution in [1.29, 1.82) is 0 Å². The molecule has 0 aliphatic rings. The second-order valence-electron chi connectivity index (χ2n) is 8.50. The number of halogens is 2. The van der Waals surface area contributed by atoms with Crippen LogP contribution in [0.25, 0.3) is 33.4 Å². The molecular weight excluding hydrogens is 534 g/mol. The molecule has 0 saturated carbocycles. The quantitative estimate of drug-likeness (QED) is 0.315. The summed E-state index contributed by atoms with van der Waals surface area (Å²) in [7, 11) is -1.32. The highest BCUT2D eigenvalue weighted by molar-refractivity contribution is 7.92. The lowest BCUT2D eigenvalue weighted by molar-refractivity contribution is 0.0693. The van der Waals surface area contributed by atoms with Gasteiger partial charge in [-0.25, -0.2) is 22.0 Å². The number of hydrogen-bond acceptors (Lipinski definition) is 6. The number of carbonyl (C=O) groups excluding carboxylic acids is 1. The van der Waals surface area contributed by atoms with Gasteiger partial charge in [0.25, 0.3) is 5.91 Å². The molecule has 4 rings (SSSR count). The summed E-state index contributed by atoms with van der Waals surface area (Å²) in [6.07, 6.45) is 0.946. The zero-order valence-electron chi connectivity index (χ0n) is 21.3. The van der Waals surface area contributed by atoms with E-state index in [9.17, 15) is 27.5 Å². The van der Waals surface area contributed by atoms with Crippen molar-refractivity contribution in [3.05, 3.63) is 71.3 Å². The van der Waals surface area contributed by atoms with Crippen LogP contribution in [0.15, 0.2) is 52.9 Å². The number of carbonyl (C=O) groups is 2. The fourth-order valence-electron chi connectivity index (χ4n) is 4.43. The number of carboxylic acid groups (broad SMARTS) is 1. The Morgan fingerprint density at radius 2 is 1.72 bits per heavy atom. The number of carboxylic acids is 1. The molecule has 1 heterocycles. The van der Waals surface area contributed by atoms with E-state index in [1.54, 1.807) is 6.92 Å². The summed E-state index contributed by atoms with van der Waals surface area (Å²) in [5, 5.41) is 11.9. The molecule has 0 saturated heterocycles. The summed E-state index contributed by atoms with van der Waals surface area (Å²) in [5.41, 5.74) is -0.713. The third kappa shape index (κ3) is 4.90. The van der Waals surface area contributed by atoms with Crippen LogP contribution in [0.2, 0.25) is 0 Å². The van der Waals surface area contributed by atoms with Gasteiger partial charge >= 0.3 is 5.97 Å². The zero-order valence-corrected chi connectivity index (χ0v) is 22.2. The third-order valence-corrected chi connectivity index (χ3v) is 7.39. The van der Waals surface area contributed by atoms with E-state index in [1.807, 2.05) is 0 Å². The molecule has 0 unspecified atom stereocenters. The summed E-state index contributed by atoms with van der Waals surface area (Å²) < 4.78 is 67.6. The Hall–Kier alpha value is -4.45. The number of ether oxygens (including phenoxy) is 1. The first-order valence-electron chi connectivity index (χ1n) is 11.6. The molecule has 39 heavy (non-hydrogen) atoms. The SMILES string of the molecule is CCN(c1cc2oc(-c3ccc(F)cc3)c(C(=O)NC)c2c(F)c1-c1ccc(OC)c(C(=O)O)c1)S(C)(=O)=O. The molecule has 0 spiro atoms. The average molecular weight is 559 g/mol. The lowest BCUT2D eigenvalue weighted by atomic mass is 9.96. The van der Waals surface area contributed by atoms with E-state index in [-0.39, 0.29) is 62.5 Å². The molecule has 0 fully saturated rings. The van der Waals surface area contributed by atoms with Crippen LogP contribution in [0.4, 0.5) is 14.5 Å². The van der Waals surface area contributed by atoms with Gasteiger partial charge in [-0.15, -0.1) is 0 Å². The van der Waals surface area contributed by atoms with Crippen LogP contribution in [0.3, 0.4) is 0 Å². The number of aromatic carboxylic acids is 1. The molecule has 3 aromatic carbocycles. The molecule has 1 aromatic heterocycles. The fraction of sp³-hybridized carbons (Fsp3) is 0.185. The second-order valence-corrected chi connectivity index (χ2v) is 10.4. The summed E-state index contributed by atoms with van der Waals surface area (Å²) in [6, 6.07) is 10.2. The summed E-state index contributed by atoms with van der Waals surface area (Å²) in [6.45, 7) is 1.46. The minimum atomic E-state index is -3.94. The zero-order chi connectivity index (χ0) is 28.6. The number of amides is 1. The Kier molecular flexibility index (Phi) is 7.33. The number of anilines is 1. The van der Waals surface area contributed by atoms with Gasteiger partial charge in [0.05, 0.1) is 30.0 Å². The predicted molar refractivity (Wildman–Crippen MR) is 142 cm³/mol.